The van der Waals surface area contributed by atoms with Gasteiger partial charge < -0.3 is 14.7 Å². The van der Waals surface area contributed by atoms with Crippen LogP contribution in [0.5, 0.6) is 5.75 Å². The van der Waals surface area contributed by atoms with E-state index in [-0.39, 0.29) is 11.9 Å². The lowest BCUT2D eigenvalue weighted by atomic mass is 9.86. The maximum atomic E-state index is 12.0. The van der Waals surface area contributed by atoms with Crippen LogP contribution in [0.25, 0.3) is 0 Å². The van der Waals surface area contributed by atoms with Gasteiger partial charge in [-0.15, -0.1) is 0 Å². The summed E-state index contributed by atoms with van der Waals surface area (Å²) < 4.78 is 5.83. The van der Waals surface area contributed by atoms with Crippen LogP contribution in [0.4, 0.5) is 0 Å². The zero-order valence-corrected chi connectivity index (χ0v) is 11.2. The van der Waals surface area contributed by atoms with Gasteiger partial charge in [-0.2, -0.15) is 0 Å². The SMILES string of the molecule is CC1(C)Oc2ccncc2[C@@H](N2CCCC2=O)[C@@H]1O. The molecule has 5 nitrogen and oxygen atoms in total. The number of likely N-dealkylation sites (tertiary alicyclic amines) is 1. The highest BCUT2D eigenvalue weighted by Crippen LogP contribution is 2.43. The van der Waals surface area contributed by atoms with Crippen molar-refractivity contribution in [1.29, 1.82) is 0 Å². The third-order valence-corrected chi connectivity index (χ3v) is 3.96. The first-order chi connectivity index (χ1) is 9.00. The van der Waals surface area contributed by atoms with E-state index < -0.39 is 11.7 Å². The van der Waals surface area contributed by atoms with Crippen LogP contribution in [0, 0.1) is 0 Å². The third-order valence-electron chi connectivity index (χ3n) is 3.96. The van der Waals surface area contributed by atoms with E-state index >= 15 is 0 Å². The molecule has 3 heterocycles. The molecule has 1 fully saturated rings. The van der Waals surface area contributed by atoms with Gasteiger partial charge in [-0.05, 0) is 26.3 Å². The Hall–Kier alpha value is -1.62. The van der Waals surface area contributed by atoms with E-state index in [0.29, 0.717) is 18.7 Å². The molecule has 19 heavy (non-hydrogen) atoms. The van der Waals surface area contributed by atoms with Crippen LogP contribution < -0.4 is 4.74 Å². The van der Waals surface area contributed by atoms with E-state index in [1.54, 1.807) is 23.4 Å². The van der Waals surface area contributed by atoms with Crippen LogP contribution >= 0.6 is 0 Å². The molecule has 2 aliphatic rings. The lowest BCUT2D eigenvalue weighted by Gasteiger charge is -2.45. The lowest BCUT2D eigenvalue weighted by molar-refractivity contribution is -0.139. The van der Waals surface area contributed by atoms with Crippen molar-refractivity contribution in [2.24, 2.45) is 0 Å². The first kappa shape index (κ1) is 12.4. The van der Waals surface area contributed by atoms with Crippen molar-refractivity contribution in [3.05, 3.63) is 24.0 Å². The molecule has 0 unspecified atom stereocenters. The van der Waals surface area contributed by atoms with Gasteiger partial charge in [0, 0.05) is 30.9 Å². The third kappa shape index (κ3) is 1.89. The first-order valence-corrected chi connectivity index (χ1v) is 6.61. The number of amides is 1. The second-order valence-electron chi connectivity index (χ2n) is 5.70. The normalized spacial score (nSPS) is 29.0. The molecule has 1 aromatic heterocycles. The molecule has 1 amide bonds. The van der Waals surface area contributed by atoms with E-state index in [1.807, 2.05) is 13.8 Å². The Morgan fingerprint density at radius 2 is 2.32 bits per heavy atom. The molecule has 1 saturated heterocycles. The van der Waals surface area contributed by atoms with E-state index in [9.17, 15) is 9.90 Å². The Kier molecular flexibility index (Phi) is 2.74. The molecule has 0 aromatic carbocycles. The summed E-state index contributed by atoms with van der Waals surface area (Å²) in [5.74, 6) is 0.798. The molecule has 0 radical (unpaired) electrons. The quantitative estimate of drug-likeness (QED) is 0.828. The Morgan fingerprint density at radius 3 is 3.00 bits per heavy atom. The standard InChI is InChI=1S/C14H18N2O3/c1-14(2)13(18)12(16-7-3-4-11(16)17)9-8-15-6-5-10(9)19-14/h5-6,8,12-13,18H,3-4,7H2,1-2H3/t12-,13+/m1/s1. The minimum Gasteiger partial charge on any atom is -0.485 e. The second kappa shape index (κ2) is 4.20. The molecule has 2 atom stereocenters. The predicted octanol–water partition coefficient (Wildman–Crippen LogP) is 1.28. The topological polar surface area (TPSA) is 62.7 Å². The average molecular weight is 262 g/mol. The second-order valence-corrected chi connectivity index (χ2v) is 5.70. The van der Waals surface area contributed by atoms with Crippen LogP contribution in [0.3, 0.4) is 0 Å². The molecule has 0 aliphatic carbocycles. The monoisotopic (exact) mass is 262 g/mol. The number of carbonyl (C=O) groups is 1. The van der Waals surface area contributed by atoms with Gasteiger partial charge in [0.1, 0.15) is 17.5 Å². The summed E-state index contributed by atoms with van der Waals surface area (Å²) in [6, 6.07) is 1.43. The lowest BCUT2D eigenvalue weighted by Crippen LogP contribution is -2.53. The summed E-state index contributed by atoms with van der Waals surface area (Å²) in [4.78, 5) is 17.9. The van der Waals surface area contributed by atoms with Crippen LogP contribution in [0.1, 0.15) is 38.3 Å². The molecule has 0 bridgehead atoms. The van der Waals surface area contributed by atoms with Gasteiger partial charge in [0.2, 0.25) is 5.91 Å². The molecule has 102 valence electrons. The van der Waals surface area contributed by atoms with Gasteiger partial charge in [0.05, 0.1) is 6.04 Å². The highest BCUT2D eigenvalue weighted by molar-refractivity contribution is 5.79. The molecule has 1 N–H and O–H groups in total. The Morgan fingerprint density at radius 1 is 1.53 bits per heavy atom. The van der Waals surface area contributed by atoms with Gasteiger partial charge >= 0.3 is 0 Å². The number of carbonyl (C=O) groups excluding carboxylic acids is 1. The zero-order chi connectivity index (χ0) is 13.6. The van der Waals surface area contributed by atoms with Crippen molar-refractivity contribution in [2.45, 2.75) is 44.4 Å². The van der Waals surface area contributed by atoms with Crippen molar-refractivity contribution in [2.75, 3.05) is 6.54 Å². The number of hydrogen-bond donors (Lipinski definition) is 1. The van der Waals surface area contributed by atoms with Crippen molar-refractivity contribution in [3.8, 4) is 5.75 Å². The van der Waals surface area contributed by atoms with Gasteiger partial charge in [-0.1, -0.05) is 0 Å². The van der Waals surface area contributed by atoms with Gasteiger partial charge in [-0.3, -0.25) is 9.78 Å². The Bertz CT molecular complexity index is 515. The van der Waals surface area contributed by atoms with Crippen molar-refractivity contribution < 1.29 is 14.6 Å². The van der Waals surface area contributed by atoms with E-state index in [2.05, 4.69) is 4.98 Å². The maximum Gasteiger partial charge on any atom is 0.223 e. The van der Waals surface area contributed by atoms with Crippen LogP contribution in [-0.2, 0) is 4.79 Å². The number of fused-ring (bicyclic) bond motifs is 1. The molecule has 1 aromatic rings. The molecule has 0 spiro atoms. The summed E-state index contributed by atoms with van der Waals surface area (Å²) in [5, 5.41) is 10.6. The van der Waals surface area contributed by atoms with Crippen LogP contribution in [0.2, 0.25) is 0 Å². The smallest absolute Gasteiger partial charge is 0.223 e. The van der Waals surface area contributed by atoms with E-state index in [4.69, 9.17) is 4.74 Å². The first-order valence-electron chi connectivity index (χ1n) is 6.61. The number of aliphatic hydroxyl groups excluding tert-OH is 1. The van der Waals surface area contributed by atoms with Crippen LogP contribution in [-0.4, -0.2) is 39.1 Å². The molecule has 0 saturated carbocycles. The molecule has 3 rings (SSSR count). The predicted molar refractivity (Wildman–Crippen MR) is 68.6 cm³/mol. The van der Waals surface area contributed by atoms with Crippen molar-refractivity contribution >= 4 is 5.91 Å². The number of aromatic nitrogens is 1. The highest BCUT2D eigenvalue weighted by atomic mass is 16.5. The Balaban J connectivity index is 2.08. The molecule has 2 aliphatic heterocycles. The largest absolute Gasteiger partial charge is 0.485 e. The molecule has 5 heteroatoms. The fourth-order valence-corrected chi connectivity index (χ4v) is 2.90. The fraction of sp³-hybridized carbons (Fsp3) is 0.571. The minimum atomic E-state index is -0.758. The maximum absolute atomic E-state index is 12.0. The number of hydrogen-bond acceptors (Lipinski definition) is 4. The van der Waals surface area contributed by atoms with Crippen molar-refractivity contribution in [1.82, 2.24) is 9.88 Å². The minimum absolute atomic E-state index is 0.0940. The van der Waals surface area contributed by atoms with E-state index in [0.717, 1.165) is 12.0 Å². The number of nitrogens with zero attached hydrogens (tertiary/aromatic N) is 2. The summed E-state index contributed by atoms with van der Waals surface area (Å²) in [5.41, 5.74) is 0.0756. The summed E-state index contributed by atoms with van der Waals surface area (Å²) >= 11 is 0. The highest BCUT2D eigenvalue weighted by Gasteiger charge is 2.47. The van der Waals surface area contributed by atoms with Crippen LogP contribution in [0.15, 0.2) is 18.5 Å². The fourth-order valence-electron chi connectivity index (χ4n) is 2.90. The molecular formula is C14H18N2O3. The average Bonchev–Trinajstić information content (AvgIpc) is 2.77. The molecular weight excluding hydrogens is 244 g/mol. The summed E-state index contributed by atoms with van der Waals surface area (Å²) in [7, 11) is 0. The zero-order valence-electron chi connectivity index (χ0n) is 11.2. The van der Waals surface area contributed by atoms with Gasteiger partial charge in [0.15, 0.2) is 0 Å². The summed E-state index contributed by atoms with van der Waals surface area (Å²) in [6.45, 7) is 4.37. The number of rotatable bonds is 1. The number of pyridine rings is 1. The number of ether oxygens (including phenoxy) is 1. The summed E-state index contributed by atoms with van der Waals surface area (Å²) in [6.07, 6.45) is 3.99. The number of aliphatic hydroxyl groups is 1. The van der Waals surface area contributed by atoms with Gasteiger partial charge in [-0.25, -0.2) is 0 Å². The van der Waals surface area contributed by atoms with E-state index in [1.165, 1.54) is 0 Å². The Labute approximate surface area is 112 Å². The van der Waals surface area contributed by atoms with Crippen molar-refractivity contribution in [3.63, 3.8) is 0 Å². The van der Waals surface area contributed by atoms with Gasteiger partial charge in [0.25, 0.3) is 0 Å².